The number of rotatable bonds is 10. The number of amides is 2. The first-order valence-corrected chi connectivity index (χ1v) is 13.9. The number of hydrogen-bond donors (Lipinski definition) is 3. The Morgan fingerprint density at radius 2 is 1.93 bits per heavy atom. The van der Waals surface area contributed by atoms with Gasteiger partial charge in [-0.2, -0.15) is 0 Å². The molecule has 2 saturated heterocycles. The highest BCUT2D eigenvalue weighted by Gasteiger charge is 2.45. The Labute approximate surface area is 243 Å². The summed E-state index contributed by atoms with van der Waals surface area (Å²) in [4.78, 5) is 13.7. The molecule has 226 valence electrons. The molecule has 0 aliphatic carbocycles. The zero-order chi connectivity index (χ0) is 29.9. The Bertz CT molecular complexity index is 1380. The predicted molar refractivity (Wildman–Crippen MR) is 152 cm³/mol. The second kappa shape index (κ2) is 12.3. The number of nitrogens with one attached hydrogen (secondary N) is 3. The van der Waals surface area contributed by atoms with E-state index in [2.05, 4.69) is 21.0 Å². The first kappa shape index (κ1) is 29.9. The van der Waals surface area contributed by atoms with E-state index in [-0.39, 0.29) is 12.7 Å². The molecule has 3 heterocycles. The molecule has 0 spiro atoms. The van der Waals surface area contributed by atoms with Crippen LogP contribution in [0.5, 0.6) is 5.88 Å². The maximum Gasteiger partial charge on any atom is 0.320 e. The van der Waals surface area contributed by atoms with E-state index < -0.39 is 34.9 Å². The smallest absolute Gasteiger partial charge is 0.320 e. The maximum absolute atomic E-state index is 14.2. The molecule has 2 aliphatic rings. The average Bonchev–Trinajstić information content (AvgIpc) is 3.61. The third kappa shape index (κ3) is 6.57. The fraction of sp³-hybridized carbons (Fsp3) is 0.467. The number of methoxy groups -OCH3 is 1. The van der Waals surface area contributed by atoms with Gasteiger partial charge in [-0.05, 0) is 57.0 Å². The van der Waals surface area contributed by atoms with Crippen LogP contribution in [0.3, 0.4) is 0 Å². The van der Waals surface area contributed by atoms with E-state index >= 15 is 0 Å². The highest BCUT2D eigenvalue weighted by Crippen LogP contribution is 2.36. The van der Waals surface area contributed by atoms with Crippen LogP contribution in [0.4, 0.5) is 19.4 Å². The Balaban J connectivity index is 1.40. The molecular weight excluding hydrogens is 548 g/mol. The fourth-order valence-corrected chi connectivity index (χ4v) is 5.61. The minimum Gasteiger partial charge on any atom is -0.473 e. The Kier molecular flexibility index (Phi) is 8.78. The molecular formula is C30H37F2N5O5. The fourth-order valence-electron chi connectivity index (χ4n) is 5.61. The molecule has 2 aliphatic heterocycles. The van der Waals surface area contributed by atoms with Crippen LogP contribution in [-0.4, -0.2) is 73.3 Å². The third-order valence-electron chi connectivity index (χ3n) is 7.64. The van der Waals surface area contributed by atoms with Crippen molar-refractivity contribution in [3.8, 4) is 11.6 Å². The van der Waals surface area contributed by atoms with Gasteiger partial charge in [-0.25, -0.2) is 18.3 Å². The van der Waals surface area contributed by atoms with E-state index in [9.17, 15) is 13.6 Å². The second-order valence-electron chi connectivity index (χ2n) is 11.2. The number of para-hydroxylation sites is 1. The van der Waals surface area contributed by atoms with E-state index in [1.165, 1.54) is 12.1 Å². The molecule has 5 rings (SSSR count). The normalized spacial score (nSPS) is 23.2. The minimum absolute atomic E-state index is 0.222. The van der Waals surface area contributed by atoms with Crippen LogP contribution in [0.15, 0.2) is 48.5 Å². The van der Waals surface area contributed by atoms with Gasteiger partial charge in [0.25, 0.3) is 0 Å². The number of urea groups is 1. The van der Waals surface area contributed by atoms with Gasteiger partial charge in [0.2, 0.25) is 5.88 Å². The quantitative estimate of drug-likeness (QED) is 0.326. The standard InChI is InChI=1S/C30H37F2N5O5/c1-19-26(37(23-8-6-5-7-9-23)36-27(19)40-16-24-17-41-29(2,3)42-24)34-28(38)35-30(10-11-39-4)18-33-15-25(30)20-12-21(31)14-22(32)13-20/h5-9,12-14,24-25,33H,10-11,15-18H2,1-4H3,(H2,34,35,38)/t24-,25-,30+/m0/s1. The third-order valence-corrected chi connectivity index (χ3v) is 7.64. The van der Waals surface area contributed by atoms with Crippen LogP contribution in [0.25, 0.3) is 5.69 Å². The summed E-state index contributed by atoms with van der Waals surface area (Å²) >= 11 is 0. The van der Waals surface area contributed by atoms with Crippen molar-refractivity contribution in [3.63, 3.8) is 0 Å². The predicted octanol–water partition coefficient (Wildman–Crippen LogP) is 4.27. The van der Waals surface area contributed by atoms with Gasteiger partial charge in [-0.3, -0.25) is 5.32 Å². The van der Waals surface area contributed by atoms with Crippen LogP contribution in [0.1, 0.15) is 37.3 Å². The van der Waals surface area contributed by atoms with E-state index in [1.807, 2.05) is 51.1 Å². The summed E-state index contributed by atoms with van der Waals surface area (Å²) in [6.45, 7) is 7.26. The number of halogens is 2. The Morgan fingerprint density at radius 1 is 1.19 bits per heavy atom. The average molecular weight is 586 g/mol. The molecule has 0 unspecified atom stereocenters. The van der Waals surface area contributed by atoms with Crippen molar-refractivity contribution in [2.24, 2.45) is 0 Å². The van der Waals surface area contributed by atoms with Gasteiger partial charge in [0.15, 0.2) is 5.79 Å². The molecule has 10 nitrogen and oxygen atoms in total. The van der Waals surface area contributed by atoms with Gasteiger partial charge >= 0.3 is 6.03 Å². The molecule has 42 heavy (non-hydrogen) atoms. The summed E-state index contributed by atoms with van der Waals surface area (Å²) in [7, 11) is 1.57. The molecule has 3 N–H and O–H groups in total. The largest absolute Gasteiger partial charge is 0.473 e. The maximum atomic E-state index is 14.2. The zero-order valence-corrected chi connectivity index (χ0v) is 24.2. The Hall–Kier alpha value is -3.58. The molecule has 2 aromatic carbocycles. The number of hydrogen-bond acceptors (Lipinski definition) is 7. The number of benzene rings is 2. The number of carbonyl (C=O) groups excluding carboxylic acids is 1. The molecule has 3 aromatic rings. The van der Waals surface area contributed by atoms with Gasteiger partial charge in [-0.1, -0.05) is 18.2 Å². The van der Waals surface area contributed by atoms with Crippen molar-refractivity contribution < 1.29 is 32.5 Å². The van der Waals surface area contributed by atoms with Crippen LogP contribution in [0.2, 0.25) is 0 Å². The molecule has 0 radical (unpaired) electrons. The molecule has 2 amide bonds. The van der Waals surface area contributed by atoms with Crippen molar-refractivity contribution in [2.75, 3.05) is 45.3 Å². The monoisotopic (exact) mass is 585 g/mol. The number of anilines is 1. The molecule has 1 aromatic heterocycles. The van der Waals surface area contributed by atoms with Gasteiger partial charge < -0.3 is 29.6 Å². The lowest BCUT2D eigenvalue weighted by Crippen LogP contribution is -2.55. The number of carbonyl (C=O) groups is 1. The number of aromatic nitrogens is 2. The van der Waals surface area contributed by atoms with Gasteiger partial charge in [0, 0.05) is 38.8 Å². The second-order valence-corrected chi connectivity index (χ2v) is 11.2. The molecule has 0 bridgehead atoms. The van der Waals surface area contributed by atoms with Gasteiger partial charge in [-0.15, -0.1) is 5.10 Å². The van der Waals surface area contributed by atoms with Crippen molar-refractivity contribution in [1.29, 1.82) is 0 Å². The van der Waals surface area contributed by atoms with Crippen molar-refractivity contribution >= 4 is 11.8 Å². The Morgan fingerprint density at radius 3 is 2.60 bits per heavy atom. The minimum atomic E-state index is -0.877. The topological polar surface area (TPSA) is 108 Å². The van der Waals surface area contributed by atoms with Gasteiger partial charge in [0.05, 0.1) is 23.4 Å². The summed E-state index contributed by atoms with van der Waals surface area (Å²) in [5.74, 6) is -1.67. The van der Waals surface area contributed by atoms with Crippen LogP contribution >= 0.6 is 0 Å². The molecule has 0 saturated carbocycles. The van der Waals surface area contributed by atoms with Crippen LogP contribution in [0, 0.1) is 18.6 Å². The molecule has 12 heteroatoms. The van der Waals surface area contributed by atoms with Crippen molar-refractivity contribution in [3.05, 3.63) is 71.3 Å². The number of ether oxygens (including phenoxy) is 4. The summed E-state index contributed by atoms with van der Waals surface area (Å²) < 4.78 is 52.8. The lowest BCUT2D eigenvalue weighted by atomic mass is 9.79. The van der Waals surface area contributed by atoms with Crippen LogP contribution < -0.4 is 20.7 Å². The molecule has 3 atom stereocenters. The van der Waals surface area contributed by atoms with Gasteiger partial charge in [0.1, 0.15) is 30.2 Å². The van der Waals surface area contributed by atoms with Crippen molar-refractivity contribution in [1.82, 2.24) is 20.4 Å². The van der Waals surface area contributed by atoms with Crippen molar-refractivity contribution in [2.45, 2.75) is 50.5 Å². The van der Waals surface area contributed by atoms with E-state index in [1.54, 1.807) is 11.8 Å². The first-order chi connectivity index (χ1) is 20.1. The summed E-state index contributed by atoms with van der Waals surface area (Å²) in [5.41, 5.74) is 0.914. The van der Waals surface area contributed by atoms with E-state index in [4.69, 9.17) is 18.9 Å². The number of nitrogens with zero attached hydrogens (tertiary/aromatic N) is 2. The summed E-state index contributed by atoms with van der Waals surface area (Å²) in [5, 5.41) is 14.0. The zero-order valence-electron chi connectivity index (χ0n) is 24.2. The lowest BCUT2D eigenvalue weighted by Gasteiger charge is -2.36. The highest BCUT2D eigenvalue weighted by molar-refractivity contribution is 5.90. The molecule has 2 fully saturated rings. The summed E-state index contributed by atoms with van der Waals surface area (Å²) in [6, 6.07) is 12.3. The van der Waals surface area contributed by atoms with Crippen LogP contribution in [-0.2, 0) is 14.2 Å². The van der Waals surface area contributed by atoms with E-state index in [0.717, 1.165) is 11.8 Å². The summed E-state index contributed by atoms with van der Waals surface area (Å²) in [6.07, 6.45) is 0.152. The highest BCUT2D eigenvalue weighted by atomic mass is 19.1. The SMILES string of the molecule is COCC[C@@]1(NC(=O)Nc2c(C)c(OC[C@H]3COC(C)(C)O3)nn2-c2ccccc2)CNC[C@H]1c1cc(F)cc(F)c1. The first-order valence-electron chi connectivity index (χ1n) is 13.9. The van der Waals surface area contributed by atoms with E-state index in [0.29, 0.717) is 55.5 Å². The lowest BCUT2D eigenvalue weighted by molar-refractivity contribution is -0.141.